The molecule has 3 N–H and O–H groups in total. The topological polar surface area (TPSA) is 117 Å². The third kappa shape index (κ3) is 3.95. The summed E-state index contributed by atoms with van der Waals surface area (Å²) in [5.74, 6) is -0.785. The first-order valence-corrected chi connectivity index (χ1v) is 6.66. The van der Waals surface area contributed by atoms with Crippen LogP contribution in [0.4, 0.5) is 0 Å². The standard InChI is InChI=1S/C13H13ClN4O4/c1-15-13(21)12-17-11(22-18-12)6-16-10(20)5-7-2-3-9(19)8(14)4-7/h2-4,19H,5-6H2,1H3,(H,15,21)(H,16,20). The Labute approximate surface area is 130 Å². The number of amides is 2. The molecule has 0 aliphatic carbocycles. The first-order valence-electron chi connectivity index (χ1n) is 6.28. The van der Waals surface area contributed by atoms with Crippen LogP contribution in [0.15, 0.2) is 22.7 Å². The molecule has 2 rings (SSSR count). The van der Waals surface area contributed by atoms with Gasteiger partial charge in [0.05, 0.1) is 18.0 Å². The Morgan fingerprint density at radius 1 is 1.41 bits per heavy atom. The van der Waals surface area contributed by atoms with Crippen LogP contribution >= 0.6 is 11.6 Å². The number of hydrogen-bond donors (Lipinski definition) is 3. The molecule has 1 heterocycles. The number of halogens is 1. The van der Waals surface area contributed by atoms with Crippen LogP contribution in [-0.2, 0) is 17.8 Å². The molecular formula is C13H13ClN4O4. The van der Waals surface area contributed by atoms with Crippen molar-refractivity contribution >= 4 is 23.4 Å². The van der Waals surface area contributed by atoms with Gasteiger partial charge >= 0.3 is 0 Å². The maximum absolute atomic E-state index is 11.8. The molecule has 0 radical (unpaired) electrons. The van der Waals surface area contributed by atoms with Crippen molar-refractivity contribution in [1.82, 2.24) is 20.8 Å². The molecule has 116 valence electrons. The number of aromatic hydroxyl groups is 1. The summed E-state index contributed by atoms with van der Waals surface area (Å²) >= 11 is 5.76. The lowest BCUT2D eigenvalue weighted by molar-refractivity contribution is -0.120. The van der Waals surface area contributed by atoms with Crippen molar-refractivity contribution in [3.8, 4) is 5.75 Å². The zero-order valence-electron chi connectivity index (χ0n) is 11.6. The van der Waals surface area contributed by atoms with Gasteiger partial charge in [-0.1, -0.05) is 22.8 Å². The van der Waals surface area contributed by atoms with Gasteiger partial charge < -0.3 is 20.3 Å². The van der Waals surface area contributed by atoms with E-state index in [1.54, 1.807) is 6.07 Å². The van der Waals surface area contributed by atoms with Gasteiger partial charge in [-0.25, -0.2) is 0 Å². The molecule has 0 aliphatic rings. The second-order valence-corrected chi connectivity index (χ2v) is 4.74. The fourth-order valence-corrected chi connectivity index (χ4v) is 1.82. The summed E-state index contributed by atoms with van der Waals surface area (Å²) in [6, 6.07) is 4.52. The van der Waals surface area contributed by atoms with Crippen LogP contribution in [0.3, 0.4) is 0 Å². The Balaban J connectivity index is 1.88. The van der Waals surface area contributed by atoms with Gasteiger partial charge in [-0.2, -0.15) is 4.98 Å². The van der Waals surface area contributed by atoms with E-state index >= 15 is 0 Å². The molecule has 1 aromatic heterocycles. The van der Waals surface area contributed by atoms with Crippen molar-refractivity contribution in [3.05, 3.63) is 40.5 Å². The minimum atomic E-state index is -0.472. The Morgan fingerprint density at radius 3 is 2.86 bits per heavy atom. The molecule has 1 aromatic carbocycles. The summed E-state index contributed by atoms with van der Waals surface area (Å²) in [6.45, 7) is 0.00857. The molecule has 0 spiro atoms. The van der Waals surface area contributed by atoms with Gasteiger partial charge in [-0.15, -0.1) is 0 Å². The highest BCUT2D eigenvalue weighted by Crippen LogP contribution is 2.23. The van der Waals surface area contributed by atoms with Crippen molar-refractivity contribution in [1.29, 1.82) is 0 Å². The molecule has 0 atom stereocenters. The van der Waals surface area contributed by atoms with E-state index in [2.05, 4.69) is 20.8 Å². The van der Waals surface area contributed by atoms with Gasteiger partial charge in [0.1, 0.15) is 5.75 Å². The molecule has 0 saturated heterocycles. The van der Waals surface area contributed by atoms with E-state index < -0.39 is 5.91 Å². The zero-order valence-corrected chi connectivity index (χ0v) is 12.3. The average molecular weight is 325 g/mol. The summed E-state index contributed by atoms with van der Waals surface area (Å²) in [5.41, 5.74) is 0.650. The van der Waals surface area contributed by atoms with Crippen LogP contribution in [0.1, 0.15) is 22.1 Å². The monoisotopic (exact) mass is 324 g/mol. The lowest BCUT2D eigenvalue weighted by Crippen LogP contribution is -2.25. The van der Waals surface area contributed by atoms with Gasteiger partial charge in [0.2, 0.25) is 11.8 Å². The highest BCUT2D eigenvalue weighted by Gasteiger charge is 2.13. The van der Waals surface area contributed by atoms with Crippen LogP contribution in [0.5, 0.6) is 5.75 Å². The summed E-state index contributed by atoms with van der Waals surface area (Å²) in [4.78, 5) is 26.9. The molecule has 0 fully saturated rings. The van der Waals surface area contributed by atoms with Crippen LogP contribution in [0.25, 0.3) is 0 Å². The molecule has 0 unspecified atom stereocenters. The maximum Gasteiger partial charge on any atom is 0.292 e. The summed E-state index contributed by atoms with van der Waals surface area (Å²) in [7, 11) is 1.45. The molecule has 2 aromatic rings. The molecule has 9 heteroatoms. The molecule has 0 bridgehead atoms. The van der Waals surface area contributed by atoms with E-state index in [-0.39, 0.29) is 41.4 Å². The van der Waals surface area contributed by atoms with Crippen molar-refractivity contribution in [2.24, 2.45) is 0 Å². The van der Waals surface area contributed by atoms with Gasteiger partial charge in [0.15, 0.2) is 0 Å². The SMILES string of the molecule is CNC(=O)c1noc(CNC(=O)Cc2ccc(O)c(Cl)c2)n1. The third-order valence-corrected chi connectivity index (χ3v) is 3.01. The number of nitrogens with zero attached hydrogens (tertiary/aromatic N) is 2. The molecular weight excluding hydrogens is 312 g/mol. The van der Waals surface area contributed by atoms with Crippen LogP contribution in [-0.4, -0.2) is 34.1 Å². The fourth-order valence-electron chi connectivity index (χ4n) is 1.61. The van der Waals surface area contributed by atoms with Gasteiger partial charge in [0.25, 0.3) is 11.7 Å². The van der Waals surface area contributed by atoms with Crippen molar-refractivity contribution in [2.45, 2.75) is 13.0 Å². The normalized spacial score (nSPS) is 10.3. The van der Waals surface area contributed by atoms with Crippen molar-refractivity contribution in [2.75, 3.05) is 7.05 Å². The highest BCUT2D eigenvalue weighted by atomic mass is 35.5. The Morgan fingerprint density at radius 2 is 2.18 bits per heavy atom. The summed E-state index contributed by atoms with van der Waals surface area (Å²) in [6.07, 6.45) is 0.0798. The van der Waals surface area contributed by atoms with Crippen molar-refractivity contribution < 1.29 is 19.2 Å². The van der Waals surface area contributed by atoms with E-state index in [1.165, 1.54) is 19.2 Å². The average Bonchev–Trinajstić information content (AvgIpc) is 2.97. The first-order chi connectivity index (χ1) is 10.5. The van der Waals surface area contributed by atoms with Gasteiger partial charge in [-0.05, 0) is 17.7 Å². The summed E-state index contributed by atoms with van der Waals surface area (Å²) in [5, 5.41) is 17.9. The molecule has 0 saturated carbocycles. The number of phenols is 1. The molecule has 2 amide bonds. The zero-order chi connectivity index (χ0) is 16.1. The Bertz CT molecular complexity index is 701. The molecule has 0 aliphatic heterocycles. The highest BCUT2D eigenvalue weighted by molar-refractivity contribution is 6.32. The summed E-state index contributed by atoms with van der Waals surface area (Å²) < 4.78 is 4.83. The predicted molar refractivity (Wildman–Crippen MR) is 76.4 cm³/mol. The molecule has 8 nitrogen and oxygen atoms in total. The lowest BCUT2D eigenvalue weighted by Gasteiger charge is -2.04. The number of carbonyl (C=O) groups is 2. The predicted octanol–water partition coefficient (Wildman–Crippen LogP) is 0.647. The van der Waals surface area contributed by atoms with Gasteiger partial charge in [0, 0.05) is 7.05 Å². The first kappa shape index (κ1) is 15.8. The maximum atomic E-state index is 11.8. The van der Waals surface area contributed by atoms with Crippen LogP contribution in [0, 0.1) is 0 Å². The largest absolute Gasteiger partial charge is 0.506 e. The van der Waals surface area contributed by atoms with E-state index in [0.29, 0.717) is 5.56 Å². The number of hydrogen-bond acceptors (Lipinski definition) is 6. The smallest absolute Gasteiger partial charge is 0.292 e. The van der Waals surface area contributed by atoms with E-state index in [1.807, 2.05) is 0 Å². The minimum absolute atomic E-state index is 0.00857. The quantitative estimate of drug-likeness (QED) is 0.743. The number of nitrogens with one attached hydrogen (secondary N) is 2. The number of aromatic nitrogens is 2. The molecule has 22 heavy (non-hydrogen) atoms. The fraction of sp³-hybridized carbons (Fsp3) is 0.231. The van der Waals surface area contributed by atoms with Crippen molar-refractivity contribution in [3.63, 3.8) is 0 Å². The lowest BCUT2D eigenvalue weighted by atomic mass is 10.1. The number of phenolic OH excluding ortho intramolecular Hbond substituents is 1. The minimum Gasteiger partial charge on any atom is -0.506 e. The second-order valence-electron chi connectivity index (χ2n) is 4.33. The van der Waals surface area contributed by atoms with Crippen LogP contribution in [0.2, 0.25) is 5.02 Å². The number of carbonyl (C=O) groups excluding carboxylic acids is 2. The van der Waals surface area contributed by atoms with E-state index in [0.717, 1.165) is 0 Å². The third-order valence-electron chi connectivity index (χ3n) is 2.71. The van der Waals surface area contributed by atoms with Crippen LogP contribution < -0.4 is 10.6 Å². The second kappa shape index (κ2) is 6.90. The Kier molecular flexibility index (Phi) is 4.95. The van der Waals surface area contributed by atoms with E-state index in [4.69, 9.17) is 16.1 Å². The van der Waals surface area contributed by atoms with E-state index in [9.17, 15) is 14.7 Å². The number of benzene rings is 1. The Hall–Kier alpha value is -2.61. The van der Waals surface area contributed by atoms with Gasteiger partial charge in [-0.3, -0.25) is 9.59 Å². The number of rotatable bonds is 5.